The zero-order valence-corrected chi connectivity index (χ0v) is 13.6. The van der Waals surface area contributed by atoms with Crippen LogP contribution in [0.3, 0.4) is 0 Å². The summed E-state index contributed by atoms with van der Waals surface area (Å²) in [4.78, 5) is 47.5. The third kappa shape index (κ3) is 3.19. The lowest BCUT2D eigenvalue weighted by Crippen LogP contribution is -2.21. The van der Waals surface area contributed by atoms with E-state index in [-0.39, 0.29) is 64.5 Å². The monoisotopic (exact) mass is 353 g/mol. The Morgan fingerprint density at radius 1 is 0.885 bits per heavy atom. The van der Waals surface area contributed by atoms with E-state index in [1.54, 1.807) is 24.3 Å². The average Bonchev–Trinajstić information content (AvgIpc) is 2.60. The van der Waals surface area contributed by atoms with Gasteiger partial charge in [-0.25, -0.2) is 0 Å². The third-order valence-corrected chi connectivity index (χ3v) is 4.11. The Kier molecular flexibility index (Phi) is 4.53. The van der Waals surface area contributed by atoms with E-state index < -0.39 is 11.9 Å². The van der Waals surface area contributed by atoms with Crippen molar-refractivity contribution in [3.05, 3.63) is 58.7 Å². The summed E-state index contributed by atoms with van der Waals surface area (Å²) in [6.45, 7) is 0. The molecule has 0 aromatic heterocycles. The van der Waals surface area contributed by atoms with Crippen molar-refractivity contribution in [1.29, 1.82) is 0 Å². The Hall–Kier alpha value is -3.48. The fourth-order valence-electron chi connectivity index (χ4n) is 2.85. The van der Waals surface area contributed by atoms with Crippen LogP contribution in [0.15, 0.2) is 36.4 Å². The maximum atomic E-state index is 12.6. The van der Waals surface area contributed by atoms with Crippen LogP contribution in [0, 0.1) is 0 Å². The first kappa shape index (κ1) is 17.3. The van der Waals surface area contributed by atoms with Gasteiger partial charge in [0.05, 0.1) is 5.69 Å². The number of carboxylic acid groups (broad SMARTS) is 1. The highest BCUT2D eigenvalue weighted by molar-refractivity contribution is 6.29. The zero-order valence-electron chi connectivity index (χ0n) is 13.6. The summed E-state index contributed by atoms with van der Waals surface area (Å²) in [5, 5.41) is 21.1. The maximum Gasteiger partial charge on any atom is 0.303 e. The highest BCUT2D eigenvalue weighted by Crippen LogP contribution is 2.34. The second-order valence-corrected chi connectivity index (χ2v) is 5.91. The molecule has 0 saturated carbocycles. The van der Waals surface area contributed by atoms with E-state index in [2.05, 4.69) is 5.32 Å². The molecular formula is C19H15NO6. The fraction of sp³-hybridized carbons (Fsp3) is 0.158. The number of hydrogen-bond donors (Lipinski definition) is 3. The average molecular weight is 353 g/mol. The molecule has 0 bridgehead atoms. The second-order valence-electron chi connectivity index (χ2n) is 5.91. The molecular weight excluding hydrogens is 338 g/mol. The normalized spacial score (nSPS) is 12.3. The molecule has 0 atom stereocenters. The van der Waals surface area contributed by atoms with Gasteiger partial charge in [0.2, 0.25) is 5.91 Å². The van der Waals surface area contributed by atoms with Crippen molar-refractivity contribution in [1.82, 2.24) is 0 Å². The molecule has 1 aliphatic carbocycles. The number of rotatable bonds is 5. The second kappa shape index (κ2) is 6.79. The quantitative estimate of drug-likeness (QED) is 0.606. The lowest BCUT2D eigenvalue weighted by Gasteiger charge is -2.19. The van der Waals surface area contributed by atoms with Gasteiger partial charge in [0.25, 0.3) is 0 Å². The molecule has 0 spiro atoms. The van der Waals surface area contributed by atoms with E-state index in [9.17, 15) is 24.3 Å². The Morgan fingerprint density at radius 2 is 1.46 bits per heavy atom. The number of fused-ring (bicyclic) bond motifs is 2. The van der Waals surface area contributed by atoms with Crippen molar-refractivity contribution in [2.75, 3.05) is 5.32 Å². The molecule has 1 amide bonds. The minimum Gasteiger partial charge on any atom is -0.506 e. The topological polar surface area (TPSA) is 121 Å². The van der Waals surface area contributed by atoms with Gasteiger partial charge in [0, 0.05) is 35.1 Å². The molecule has 2 aromatic carbocycles. The minimum atomic E-state index is -1.00. The van der Waals surface area contributed by atoms with Crippen molar-refractivity contribution in [3.8, 4) is 5.75 Å². The summed E-state index contributed by atoms with van der Waals surface area (Å²) in [6, 6.07) is 8.85. The van der Waals surface area contributed by atoms with E-state index in [1.165, 1.54) is 12.1 Å². The standard InChI is InChI=1S/C19H15NO6/c21-15-9-13-12(8-14(15)20-16(22)6-3-7-17(23)24)18(25)10-4-1-2-5-11(10)19(13)26/h1-2,4-5,8-9,21H,3,6-7H2,(H,20,22)(H,23,24). The molecule has 0 radical (unpaired) electrons. The number of carbonyl (C=O) groups is 4. The van der Waals surface area contributed by atoms with E-state index in [1.807, 2.05) is 0 Å². The molecule has 7 nitrogen and oxygen atoms in total. The molecule has 1 aliphatic rings. The van der Waals surface area contributed by atoms with Crippen molar-refractivity contribution >= 4 is 29.1 Å². The number of ketones is 2. The predicted octanol–water partition coefficient (Wildman–Crippen LogP) is 2.36. The zero-order chi connectivity index (χ0) is 18.8. The van der Waals surface area contributed by atoms with Gasteiger partial charge in [-0.2, -0.15) is 0 Å². The lowest BCUT2D eigenvalue weighted by atomic mass is 9.83. The first-order valence-corrected chi connectivity index (χ1v) is 7.95. The lowest BCUT2D eigenvalue weighted by molar-refractivity contribution is -0.137. The molecule has 2 aromatic rings. The number of aromatic hydroxyl groups is 1. The summed E-state index contributed by atoms with van der Waals surface area (Å²) < 4.78 is 0. The van der Waals surface area contributed by atoms with Crippen molar-refractivity contribution < 1.29 is 29.4 Å². The van der Waals surface area contributed by atoms with Crippen LogP contribution in [0.1, 0.15) is 51.1 Å². The van der Waals surface area contributed by atoms with Gasteiger partial charge in [-0.05, 0) is 18.6 Å². The molecule has 0 heterocycles. The number of benzene rings is 2. The van der Waals surface area contributed by atoms with Crippen LogP contribution in [-0.4, -0.2) is 33.7 Å². The molecule has 0 unspecified atom stereocenters. The van der Waals surface area contributed by atoms with Gasteiger partial charge < -0.3 is 15.5 Å². The molecule has 3 N–H and O–H groups in total. The maximum absolute atomic E-state index is 12.6. The van der Waals surface area contributed by atoms with Gasteiger partial charge in [-0.1, -0.05) is 24.3 Å². The number of nitrogens with one attached hydrogen (secondary N) is 1. The van der Waals surface area contributed by atoms with Crippen LogP contribution in [0.2, 0.25) is 0 Å². The summed E-state index contributed by atoms with van der Waals surface area (Å²) in [5.41, 5.74) is 0.733. The van der Waals surface area contributed by atoms with Crippen LogP contribution in [0.4, 0.5) is 5.69 Å². The van der Waals surface area contributed by atoms with Gasteiger partial charge in [0.1, 0.15) is 5.75 Å². The smallest absolute Gasteiger partial charge is 0.303 e. The first-order valence-electron chi connectivity index (χ1n) is 7.95. The summed E-state index contributed by atoms with van der Waals surface area (Å²) in [6.07, 6.45) is -0.0381. The fourth-order valence-corrected chi connectivity index (χ4v) is 2.85. The Labute approximate surface area is 148 Å². The van der Waals surface area contributed by atoms with Crippen molar-refractivity contribution in [2.45, 2.75) is 19.3 Å². The Morgan fingerprint density at radius 3 is 2.04 bits per heavy atom. The van der Waals surface area contributed by atoms with E-state index in [0.29, 0.717) is 0 Å². The molecule has 26 heavy (non-hydrogen) atoms. The number of phenolic OH excluding ortho intramolecular Hbond substituents is 1. The third-order valence-electron chi connectivity index (χ3n) is 4.11. The van der Waals surface area contributed by atoms with Gasteiger partial charge in [0.15, 0.2) is 11.6 Å². The number of phenols is 1. The van der Waals surface area contributed by atoms with Crippen molar-refractivity contribution in [3.63, 3.8) is 0 Å². The molecule has 0 saturated heterocycles. The van der Waals surface area contributed by atoms with Crippen LogP contribution >= 0.6 is 0 Å². The highest BCUT2D eigenvalue weighted by Gasteiger charge is 2.30. The number of amides is 1. The van der Waals surface area contributed by atoms with Crippen LogP contribution in [-0.2, 0) is 9.59 Å². The van der Waals surface area contributed by atoms with Crippen LogP contribution in [0.5, 0.6) is 5.75 Å². The van der Waals surface area contributed by atoms with E-state index >= 15 is 0 Å². The number of anilines is 1. The van der Waals surface area contributed by atoms with Crippen molar-refractivity contribution in [2.24, 2.45) is 0 Å². The summed E-state index contributed by atoms with van der Waals surface area (Å²) in [5.74, 6) is -2.56. The Balaban J connectivity index is 1.88. The Bertz CT molecular complexity index is 947. The molecule has 0 fully saturated rings. The largest absolute Gasteiger partial charge is 0.506 e. The number of hydrogen-bond acceptors (Lipinski definition) is 5. The molecule has 0 aliphatic heterocycles. The molecule has 132 valence electrons. The molecule has 7 heteroatoms. The van der Waals surface area contributed by atoms with Crippen LogP contribution < -0.4 is 5.32 Å². The first-order chi connectivity index (χ1) is 12.4. The molecule has 3 rings (SSSR count). The number of aliphatic carboxylic acids is 1. The van der Waals surface area contributed by atoms with Crippen LogP contribution in [0.25, 0.3) is 0 Å². The predicted molar refractivity (Wildman–Crippen MR) is 91.5 cm³/mol. The van der Waals surface area contributed by atoms with E-state index in [4.69, 9.17) is 5.11 Å². The number of carbonyl (C=O) groups excluding carboxylic acids is 3. The SMILES string of the molecule is O=C(O)CCCC(=O)Nc1cc2c(cc1O)C(=O)c1ccccc1C2=O. The van der Waals surface area contributed by atoms with E-state index in [0.717, 1.165) is 0 Å². The van der Waals surface area contributed by atoms with Gasteiger partial charge in [-0.15, -0.1) is 0 Å². The summed E-state index contributed by atoms with van der Waals surface area (Å²) >= 11 is 0. The highest BCUT2D eigenvalue weighted by atomic mass is 16.4. The summed E-state index contributed by atoms with van der Waals surface area (Å²) in [7, 11) is 0. The van der Waals surface area contributed by atoms with Gasteiger partial charge in [-0.3, -0.25) is 19.2 Å². The van der Waals surface area contributed by atoms with Gasteiger partial charge >= 0.3 is 5.97 Å². The number of carboxylic acids is 1. The minimum absolute atomic E-state index is 0.00426.